The quantitative estimate of drug-likeness (QED) is 0.690. The number of hydrogen-bond donors (Lipinski definition) is 1. The van der Waals surface area contributed by atoms with Crippen LogP contribution in [0.3, 0.4) is 0 Å². The van der Waals surface area contributed by atoms with E-state index in [0.717, 1.165) is 12.0 Å². The SMILES string of the molecule is CC.OC1Cc2cccc3cccc1c23. The Labute approximate surface area is 90.4 Å². The Kier molecular flexibility index (Phi) is 2.74. The molecule has 1 unspecified atom stereocenters. The van der Waals surface area contributed by atoms with Crippen molar-refractivity contribution in [3.63, 3.8) is 0 Å². The van der Waals surface area contributed by atoms with Crippen molar-refractivity contribution in [2.24, 2.45) is 0 Å². The highest BCUT2D eigenvalue weighted by atomic mass is 16.3. The van der Waals surface area contributed by atoms with Crippen LogP contribution in [0.4, 0.5) is 0 Å². The van der Waals surface area contributed by atoms with Crippen LogP contribution >= 0.6 is 0 Å². The molecule has 1 heteroatoms. The normalized spacial score (nSPS) is 17.4. The van der Waals surface area contributed by atoms with E-state index in [4.69, 9.17) is 0 Å². The van der Waals surface area contributed by atoms with E-state index in [1.807, 2.05) is 26.0 Å². The summed E-state index contributed by atoms with van der Waals surface area (Å²) in [5.74, 6) is 0. The van der Waals surface area contributed by atoms with Gasteiger partial charge in [-0.15, -0.1) is 0 Å². The number of rotatable bonds is 0. The Morgan fingerprint density at radius 3 is 2.47 bits per heavy atom. The minimum atomic E-state index is -0.291. The molecule has 0 radical (unpaired) electrons. The summed E-state index contributed by atoms with van der Waals surface area (Å²) in [5.41, 5.74) is 2.37. The van der Waals surface area contributed by atoms with Gasteiger partial charge < -0.3 is 5.11 Å². The summed E-state index contributed by atoms with van der Waals surface area (Å²) in [5, 5.41) is 12.3. The van der Waals surface area contributed by atoms with E-state index in [0.29, 0.717) is 0 Å². The minimum Gasteiger partial charge on any atom is -0.388 e. The summed E-state index contributed by atoms with van der Waals surface area (Å²) >= 11 is 0. The van der Waals surface area contributed by atoms with Gasteiger partial charge in [0.25, 0.3) is 0 Å². The van der Waals surface area contributed by atoms with Crippen LogP contribution < -0.4 is 0 Å². The van der Waals surface area contributed by atoms with E-state index < -0.39 is 0 Å². The number of aliphatic hydroxyl groups is 1. The van der Waals surface area contributed by atoms with E-state index in [1.165, 1.54) is 16.3 Å². The third kappa shape index (κ3) is 1.53. The zero-order chi connectivity index (χ0) is 10.8. The zero-order valence-corrected chi connectivity index (χ0v) is 9.20. The van der Waals surface area contributed by atoms with Gasteiger partial charge in [-0.3, -0.25) is 0 Å². The third-order valence-electron chi connectivity index (χ3n) is 2.80. The summed E-state index contributed by atoms with van der Waals surface area (Å²) in [6, 6.07) is 12.4. The van der Waals surface area contributed by atoms with Gasteiger partial charge in [-0.25, -0.2) is 0 Å². The maximum atomic E-state index is 9.77. The average molecular weight is 200 g/mol. The molecule has 2 aromatic carbocycles. The third-order valence-corrected chi connectivity index (χ3v) is 2.80. The van der Waals surface area contributed by atoms with Crippen LogP contribution in [-0.2, 0) is 6.42 Å². The van der Waals surface area contributed by atoms with Gasteiger partial charge >= 0.3 is 0 Å². The highest BCUT2D eigenvalue weighted by molar-refractivity contribution is 5.91. The molecule has 1 aliphatic rings. The van der Waals surface area contributed by atoms with Crippen LogP contribution in [0.1, 0.15) is 31.1 Å². The van der Waals surface area contributed by atoms with Gasteiger partial charge in [0, 0.05) is 6.42 Å². The topological polar surface area (TPSA) is 20.2 Å². The molecule has 1 aliphatic carbocycles. The fraction of sp³-hybridized carbons (Fsp3) is 0.286. The first-order valence-electron chi connectivity index (χ1n) is 5.55. The molecule has 0 aromatic heterocycles. The van der Waals surface area contributed by atoms with Crippen LogP contribution in [0.15, 0.2) is 36.4 Å². The highest BCUT2D eigenvalue weighted by Crippen LogP contribution is 2.36. The lowest BCUT2D eigenvalue weighted by atomic mass is 10.1. The summed E-state index contributed by atoms with van der Waals surface area (Å²) < 4.78 is 0. The first kappa shape index (κ1) is 10.2. The lowest BCUT2D eigenvalue weighted by Gasteiger charge is -2.02. The lowest BCUT2D eigenvalue weighted by Crippen LogP contribution is -1.91. The van der Waals surface area contributed by atoms with Gasteiger partial charge in [-0.2, -0.15) is 0 Å². The van der Waals surface area contributed by atoms with Crippen molar-refractivity contribution in [2.45, 2.75) is 26.4 Å². The van der Waals surface area contributed by atoms with Crippen molar-refractivity contribution in [2.75, 3.05) is 0 Å². The fourth-order valence-corrected chi connectivity index (χ4v) is 2.22. The van der Waals surface area contributed by atoms with Crippen LogP contribution in [0.2, 0.25) is 0 Å². The van der Waals surface area contributed by atoms with E-state index in [9.17, 15) is 5.11 Å². The molecule has 0 amide bonds. The highest BCUT2D eigenvalue weighted by Gasteiger charge is 2.21. The summed E-state index contributed by atoms with van der Waals surface area (Å²) in [7, 11) is 0. The molecule has 0 bridgehead atoms. The summed E-state index contributed by atoms with van der Waals surface area (Å²) in [6.07, 6.45) is 0.484. The van der Waals surface area contributed by atoms with Gasteiger partial charge in [0.1, 0.15) is 0 Å². The molecule has 0 spiro atoms. The van der Waals surface area contributed by atoms with Crippen LogP contribution in [0.5, 0.6) is 0 Å². The molecular formula is C14H16O. The molecule has 2 aromatic rings. The Bertz CT molecular complexity index is 468. The number of aliphatic hydroxyl groups excluding tert-OH is 1. The van der Waals surface area contributed by atoms with Crippen molar-refractivity contribution >= 4 is 10.8 Å². The van der Waals surface area contributed by atoms with Crippen molar-refractivity contribution < 1.29 is 5.11 Å². The molecule has 3 rings (SSSR count). The number of benzene rings is 2. The van der Waals surface area contributed by atoms with Crippen molar-refractivity contribution in [1.82, 2.24) is 0 Å². The first-order chi connectivity index (χ1) is 7.36. The van der Waals surface area contributed by atoms with Crippen molar-refractivity contribution in [3.8, 4) is 0 Å². The first-order valence-corrected chi connectivity index (χ1v) is 5.55. The Balaban J connectivity index is 0.000000404. The van der Waals surface area contributed by atoms with Gasteiger partial charge in [0.2, 0.25) is 0 Å². The molecule has 0 saturated carbocycles. The lowest BCUT2D eigenvalue weighted by molar-refractivity contribution is 0.185. The Morgan fingerprint density at radius 1 is 1.07 bits per heavy atom. The number of hydrogen-bond acceptors (Lipinski definition) is 1. The molecule has 0 heterocycles. The molecule has 1 N–H and O–H groups in total. The molecule has 1 nitrogen and oxygen atoms in total. The van der Waals surface area contributed by atoms with E-state index in [1.54, 1.807) is 0 Å². The summed E-state index contributed by atoms with van der Waals surface area (Å²) in [4.78, 5) is 0. The Morgan fingerprint density at radius 2 is 1.73 bits per heavy atom. The average Bonchev–Trinajstić information content (AvgIpc) is 2.62. The molecule has 0 saturated heterocycles. The smallest absolute Gasteiger partial charge is 0.0836 e. The van der Waals surface area contributed by atoms with Gasteiger partial charge in [-0.1, -0.05) is 50.2 Å². The molecule has 1 atom stereocenters. The molecular weight excluding hydrogens is 184 g/mol. The zero-order valence-electron chi connectivity index (χ0n) is 9.20. The predicted molar refractivity (Wildman–Crippen MR) is 64.0 cm³/mol. The maximum Gasteiger partial charge on any atom is 0.0836 e. The second kappa shape index (κ2) is 4.03. The van der Waals surface area contributed by atoms with Crippen LogP contribution in [-0.4, -0.2) is 5.11 Å². The summed E-state index contributed by atoms with van der Waals surface area (Å²) in [6.45, 7) is 4.00. The molecule has 0 aliphatic heterocycles. The maximum absolute atomic E-state index is 9.77. The minimum absolute atomic E-state index is 0.291. The second-order valence-corrected chi connectivity index (χ2v) is 3.58. The second-order valence-electron chi connectivity index (χ2n) is 3.58. The van der Waals surface area contributed by atoms with Crippen molar-refractivity contribution in [1.29, 1.82) is 0 Å². The fourth-order valence-electron chi connectivity index (χ4n) is 2.22. The van der Waals surface area contributed by atoms with Gasteiger partial charge in [0.15, 0.2) is 0 Å². The monoisotopic (exact) mass is 200 g/mol. The van der Waals surface area contributed by atoms with E-state index in [-0.39, 0.29) is 6.10 Å². The largest absolute Gasteiger partial charge is 0.388 e. The molecule has 15 heavy (non-hydrogen) atoms. The molecule has 78 valence electrons. The van der Waals surface area contributed by atoms with Crippen molar-refractivity contribution in [3.05, 3.63) is 47.5 Å². The van der Waals surface area contributed by atoms with Gasteiger partial charge in [-0.05, 0) is 21.9 Å². The van der Waals surface area contributed by atoms with Gasteiger partial charge in [0.05, 0.1) is 6.10 Å². The Hall–Kier alpha value is -1.34. The standard InChI is InChI=1S/C12H10O.C2H6/c13-11-7-9-5-1-3-8-4-2-6-10(11)12(8)9;1-2/h1-6,11,13H,7H2;1-2H3. The van der Waals surface area contributed by atoms with E-state index in [2.05, 4.69) is 24.3 Å². The van der Waals surface area contributed by atoms with E-state index >= 15 is 0 Å². The van der Waals surface area contributed by atoms with Crippen LogP contribution in [0.25, 0.3) is 10.8 Å². The predicted octanol–water partition coefficient (Wildman–Crippen LogP) is 3.46. The van der Waals surface area contributed by atoms with Crippen LogP contribution in [0, 0.1) is 0 Å². The molecule has 0 fully saturated rings.